The summed E-state index contributed by atoms with van der Waals surface area (Å²) in [5.74, 6) is 0.948. The van der Waals surface area contributed by atoms with Crippen molar-refractivity contribution in [1.29, 1.82) is 0 Å². The van der Waals surface area contributed by atoms with Gasteiger partial charge in [-0.3, -0.25) is 0 Å². The maximum atomic E-state index is 12.6. The zero-order valence-corrected chi connectivity index (χ0v) is 9.85. The summed E-state index contributed by atoms with van der Waals surface area (Å²) in [7, 11) is -5.45. The Kier molecular flexibility index (Phi) is 3.44. The van der Waals surface area contributed by atoms with Gasteiger partial charge in [0.1, 0.15) is 0 Å². The van der Waals surface area contributed by atoms with Crippen molar-refractivity contribution in [2.24, 2.45) is 5.92 Å². The lowest BCUT2D eigenvalue weighted by molar-refractivity contribution is -0.0452. The minimum Gasteiger partial charge on any atom is -0.218 e. The van der Waals surface area contributed by atoms with Crippen LogP contribution in [0, 0.1) is 18.3 Å². The SMILES string of the molecule is C#CC1(S(=O)(=O)C(F)(F)F)C=CC=CC1CC. The monoisotopic (exact) mass is 264 g/mol. The zero-order chi connectivity index (χ0) is 13.3. The van der Waals surface area contributed by atoms with Gasteiger partial charge in [-0.25, -0.2) is 8.42 Å². The first-order valence-corrected chi connectivity index (χ1v) is 6.36. The molecule has 1 aliphatic rings. The van der Waals surface area contributed by atoms with Gasteiger partial charge >= 0.3 is 5.51 Å². The Morgan fingerprint density at radius 3 is 2.41 bits per heavy atom. The molecule has 1 rings (SSSR count). The number of sulfone groups is 1. The van der Waals surface area contributed by atoms with Crippen molar-refractivity contribution >= 4 is 9.84 Å². The molecule has 0 aromatic rings. The van der Waals surface area contributed by atoms with E-state index < -0.39 is 26.0 Å². The number of terminal acetylenes is 1. The summed E-state index contributed by atoms with van der Waals surface area (Å²) in [5.41, 5.74) is -5.36. The molecule has 2 atom stereocenters. The van der Waals surface area contributed by atoms with Crippen LogP contribution in [0.25, 0.3) is 0 Å². The van der Waals surface area contributed by atoms with Crippen LogP contribution in [0.4, 0.5) is 13.2 Å². The van der Waals surface area contributed by atoms with E-state index in [4.69, 9.17) is 6.42 Å². The average Bonchev–Trinajstić information content (AvgIpc) is 2.26. The van der Waals surface area contributed by atoms with E-state index in [2.05, 4.69) is 0 Å². The number of allylic oxidation sites excluding steroid dienone is 3. The lowest BCUT2D eigenvalue weighted by atomic mass is 9.86. The topological polar surface area (TPSA) is 34.1 Å². The zero-order valence-electron chi connectivity index (χ0n) is 9.03. The number of halogens is 3. The molecule has 0 saturated heterocycles. The molecule has 2 unspecified atom stereocenters. The Balaban J connectivity index is 3.47. The molecular formula is C11H11F3O2S. The summed E-state index contributed by atoms with van der Waals surface area (Å²) in [6, 6.07) is 0. The fourth-order valence-corrected chi connectivity index (χ4v) is 3.26. The van der Waals surface area contributed by atoms with E-state index >= 15 is 0 Å². The van der Waals surface area contributed by atoms with Crippen LogP contribution in [-0.2, 0) is 9.84 Å². The summed E-state index contributed by atoms with van der Waals surface area (Å²) >= 11 is 0. The highest BCUT2D eigenvalue weighted by molar-refractivity contribution is 7.94. The highest BCUT2D eigenvalue weighted by atomic mass is 32.2. The third-order valence-electron chi connectivity index (χ3n) is 2.76. The van der Waals surface area contributed by atoms with Gasteiger partial charge in [-0.05, 0) is 6.42 Å². The summed E-state index contributed by atoms with van der Waals surface area (Å²) in [5, 5.41) is 0. The van der Waals surface area contributed by atoms with E-state index in [0.29, 0.717) is 0 Å². The molecule has 0 radical (unpaired) electrons. The molecule has 0 spiro atoms. The second-order valence-electron chi connectivity index (χ2n) is 3.65. The predicted octanol–water partition coefficient (Wildman–Crippen LogP) is 2.45. The smallest absolute Gasteiger partial charge is 0.218 e. The molecule has 0 aromatic carbocycles. The molecule has 6 heteroatoms. The fourth-order valence-electron chi connectivity index (χ4n) is 1.82. The van der Waals surface area contributed by atoms with Crippen LogP contribution in [-0.4, -0.2) is 18.7 Å². The fraction of sp³-hybridized carbons (Fsp3) is 0.455. The van der Waals surface area contributed by atoms with Crippen LogP contribution in [0.3, 0.4) is 0 Å². The quantitative estimate of drug-likeness (QED) is 0.718. The van der Waals surface area contributed by atoms with Gasteiger partial charge in [-0.15, -0.1) is 6.42 Å². The third kappa shape index (κ3) is 1.89. The largest absolute Gasteiger partial charge is 0.499 e. The van der Waals surface area contributed by atoms with Crippen molar-refractivity contribution in [2.45, 2.75) is 23.6 Å². The normalized spacial score (nSPS) is 29.0. The van der Waals surface area contributed by atoms with E-state index in [-0.39, 0.29) is 6.42 Å². The number of rotatable bonds is 2. The molecule has 0 amide bonds. The number of hydrogen-bond acceptors (Lipinski definition) is 2. The van der Waals surface area contributed by atoms with E-state index in [1.165, 1.54) is 18.2 Å². The maximum absolute atomic E-state index is 12.6. The highest BCUT2D eigenvalue weighted by Gasteiger charge is 2.60. The maximum Gasteiger partial charge on any atom is 0.499 e. The Hall–Kier alpha value is -1.22. The molecule has 0 heterocycles. The van der Waals surface area contributed by atoms with Crippen LogP contribution in [0.1, 0.15) is 13.3 Å². The van der Waals surface area contributed by atoms with Crippen molar-refractivity contribution in [3.05, 3.63) is 24.3 Å². The first kappa shape index (κ1) is 13.8. The summed E-state index contributed by atoms with van der Waals surface area (Å²) in [4.78, 5) is 0. The van der Waals surface area contributed by atoms with Gasteiger partial charge in [0.05, 0.1) is 0 Å². The van der Waals surface area contributed by atoms with Crippen molar-refractivity contribution in [3.63, 3.8) is 0 Å². The molecule has 0 fully saturated rings. The standard InChI is InChI=1S/C11H11F3O2S/c1-3-9-7-5-6-8-10(9,4-2)17(15,16)11(12,13)14/h2,5-9H,3H2,1H3. The Bertz CT molecular complexity index is 494. The first-order valence-electron chi connectivity index (χ1n) is 4.87. The van der Waals surface area contributed by atoms with Crippen molar-refractivity contribution in [2.75, 3.05) is 0 Å². The van der Waals surface area contributed by atoms with Gasteiger partial charge in [0.15, 0.2) is 4.75 Å². The van der Waals surface area contributed by atoms with Gasteiger partial charge in [-0.1, -0.05) is 37.1 Å². The number of alkyl halides is 3. The molecule has 2 nitrogen and oxygen atoms in total. The molecule has 17 heavy (non-hydrogen) atoms. The molecule has 0 aliphatic heterocycles. The molecule has 1 aliphatic carbocycles. The summed E-state index contributed by atoms with van der Waals surface area (Å²) < 4.78 is 58.7. The lowest BCUT2D eigenvalue weighted by Crippen LogP contribution is -2.49. The Labute approximate surface area is 98.1 Å². The first-order chi connectivity index (χ1) is 7.73. The van der Waals surface area contributed by atoms with Crippen molar-refractivity contribution < 1.29 is 21.6 Å². The molecule has 0 saturated carbocycles. The molecule has 0 N–H and O–H groups in total. The van der Waals surface area contributed by atoms with Crippen LogP contribution in [0.2, 0.25) is 0 Å². The molecular weight excluding hydrogens is 253 g/mol. The minimum absolute atomic E-state index is 0.209. The molecule has 0 aromatic heterocycles. The third-order valence-corrected chi connectivity index (χ3v) is 4.82. The number of hydrogen-bond donors (Lipinski definition) is 0. The Morgan fingerprint density at radius 1 is 1.41 bits per heavy atom. The van der Waals surface area contributed by atoms with Gasteiger partial charge in [0.25, 0.3) is 9.84 Å². The van der Waals surface area contributed by atoms with Crippen LogP contribution >= 0.6 is 0 Å². The second kappa shape index (κ2) is 4.22. The minimum atomic E-state index is -5.45. The second-order valence-corrected chi connectivity index (χ2v) is 5.79. The summed E-state index contributed by atoms with van der Waals surface area (Å²) in [6.45, 7) is 1.59. The van der Waals surface area contributed by atoms with Crippen molar-refractivity contribution in [3.8, 4) is 12.3 Å². The van der Waals surface area contributed by atoms with Crippen LogP contribution < -0.4 is 0 Å². The van der Waals surface area contributed by atoms with Gasteiger partial charge in [-0.2, -0.15) is 13.2 Å². The van der Waals surface area contributed by atoms with Gasteiger partial charge in [0, 0.05) is 5.92 Å². The molecule has 0 bridgehead atoms. The van der Waals surface area contributed by atoms with Gasteiger partial charge in [0.2, 0.25) is 0 Å². The van der Waals surface area contributed by atoms with E-state index in [1.54, 1.807) is 6.92 Å². The average molecular weight is 264 g/mol. The van der Waals surface area contributed by atoms with Crippen LogP contribution in [0.5, 0.6) is 0 Å². The highest BCUT2D eigenvalue weighted by Crippen LogP contribution is 2.42. The lowest BCUT2D eigenvalue weighted by Gasteiger charge is -2.33. The molecule has 94 valence electrons. The van der Waals surface area contributed by atoms with E-state index in [9.17, 15) is 21.6 Å². The van der Waals surface area contributed by atoms with Crippen molar-refractivity contribution in [1.82, 2.24) is 0 Å². The van der Waals surface area contributed by atoms with E-state index in [1.807, 2.05) is 5.92 Å². The summed E-state index contributed by atoms with van der Waals surface area (Å²) in [6.07, 6.45) is 10.3. The van der Waals surface area contributed by atoms with E-state index in [0.717, 1.165) is 6.08 Å². The Morgan fingerprint density at radius 2 is 2.00 bits per heavy atom. The predicted molar refractivity (Wildman–Crippen MR) is 58.6 cm³/mol. The van der Waals surface area contributed by atoms with Gasteiger partial charge < -0.3 is 0 Å². The van der Waals surface area contributed by atoms with Crippen LogP contribution in [0.15, 0.2) is 24.3 Å².